The zero-order valence-corrected chi connectivity index (χ0v) is 13.1. The topological polar surface area (TPSA) is 73.2 Å². The molecule has 1 aromatic heterocycles. The minimum absolute atomic E-state index is 0.0169. The fourth-order valence-electron chi connectivity index (χ4n) is 1.71. The van der Waals surface area contributed by atoms with Crippen LogP contribution in [0.1, 0.15) is 33.7 Å². The van der Waals surface area contributed by atoms with E-state index in [0.29, 0.717) is 5.69 Å². The Labute approximate surface area is 123 Å². The summed E-state index contributed by atoms with van der Waals surface area (Å²) in [5.74, 6) is -0.435. The second-order valence-corrected chi connectivity index (χ2v) is 5.48. The maximum Gasteiger partial charge on any atom is 0.328 e. The van der Waals surface area contributed by atoms with Gasteiger partial charge in [-0.25, -0.2) is 9.48 Å². The van der Waals surface area contributed by atoms with E-state index in [-0.39, 0.29) is 22.5 Å². The van der Waals surface area contributed by atoms with Crippen molar-refractivity contribution in [2.24, 2.45) is 5.92 Å². The maximum atomic E-state index is 12.0. The van der Waals surface area contributed by atoms with Crippen molar-refractivity contribution in [2.45, 2.75) is 39.8 Å². The van der Waals surface area contributed by atoms with Gasteiger partial charge < -0.3 is 10.1 Å². The second kappa shape index (κ2) is 6.74. The van der Waals surface area contributed by atoms with E-state index in [9.17, 15) is 9.59 Å². The average Bonchev–Trinajstić information content (AvgIpc) is 2.38. The Morgan fingerprint density at radius 2 is 2.00 bits per heavy atom. The van der Waals surface area contributed by atoms with E-state index >= 15 is 0 Å². The van der Waals surface area contributed by atoms with Gasteiger partial charge in [0.2, 0.25) is 0 Å². The van der Waals surface area contributed by atoms with E-state index in [1.54, 1.807) is 0 Å². The third-order valence-corrected chi connectivity index (χ3v) is 3.23. The Bertz CT molecular complexity index is 540. The summed E-state index contributed by atoms with van der Waals surface area (Å²) in [4.78, 5) is 23.7. The van der Waals surface area contributed by atoms with Crippen molar-refractivity contribution in [3.05, 3.63) is 21.6 Å². The molecule has 1 rings (SSSR count). The van der Waals surface area contributed by atoms with Gasteiger partial charge in [0, 0.05) is 0 Å². The van der Waals surface area contributed by atoms with Gasteiger partial charge in [-0.3, -0.25) is 4.79 Å². The van der Waals surface area contributed by atoms with Crippen LogP contribution in [0.4, 0.5) is 5.69 Å². The van der Waals surface area contributed by atoms with Crippen LogP contribution in [0.2, 0.25) is 5.02 Å². The summed E-state index contributed by atoms with van der Waals surface area (Å²) in [5.41, 5.74) is -0.0586. The zero-order chi connectivity index (χ0) is 15.4. The summed E-state index contributed by atoms with van der Waals surface area (Å²) in [5, 5.41) is 6.98. The van der Waals surface area contributed by atoms with Crippen molar-refractivity contribution in [1.29, 1.82) is 0 Å². The van der Waals surface area contributed by atoms with E-state index in [1.807, 2.05) is 27.7 Å². The van der Waals surface area contributed by atoms with Crippen LogP contribution in [0.25, 0.3) is 0 Å². The molecular formula is C13H20ClN3O3. The first kappa shape index (κ1) is 16.5. The van der Waals surface area contributed by atoms with Gasteiger partial charge in [0.15, 0.2) is 0 Å². The number of esters is 1. The molecule has 0 aliphatic carbocycles. The number of nitrogens with one attached hydrogen (secondary N) is 1. The van der Waals surface area contributed by atoms with Crippen LogP contribution in [0.5, 0.6) is 0 Å². The Hall–Kier alpha value is -1.56. The molecule has 0 spiro atoms. The monoisotopic (exact) mass is 301 g/mol. The molecule has 1 aromatic rings. The number of carbonyl (C=O) groups excluding carboxylic acids is 1. The van der Waals surface area contributed by atoms with E-state index in [2.05, 4.69) is 10.4 Å². The van der Waals surface area contributed by atoms with E-state index in [4.69, 9.17) is 16.3 Å². The fourth-order valence-corrected chi connectivity index (χ4v) is 1.90. The van der Waals surface area contributed by atoms with E-state index in [0.717, 1.165) is 0 Å². The zero-order valence-electron chi connectivity index (χ0n) is 12.3. The lowest BCUT2D eigenvalue weighted by molar-refractivity contribution is -0.142. The van der Waals surface area contributed by atoms with Gasteiger partial charge in [0.25, 0.3) is 5.56 Å². The van der Waals surface area contributed by atoms with Crippen molar-refractivity contribution in [3.63, 3.8) is 0 Å². The van der Waals surface area contributed by atoms with Crippen molar-refractivity contribution in [2.75, 3.05) is 12.4 Å². The Kier molecular flexibility index (Phi) is 5.56. The molecule has 0 aliphatic rings. The third-order valence-electron chi connectivity index (χ3n) is 2.87. The van der Waals surface area contributed by atoms with Gasteiger partial charge in [-0.15, -0.1) is 0 Å². The van der Waals surface area contributed by atoms with Crippen molar-refractivity contribution >= 4 is 23.3 Å². The number of hydrogen-bond acceptors (Lipinski definition) is 5. The Balaban J connectivity index is 3.12. The first-order valence-corrected chi connectivity index (χ1v) is 6.79. The lowest BCUT2D eigenvalue weighted by Crippen LogP contribution is -2.36. The molecule has 0 amide bonds. The number of aromatic nitrogens is 2. The molecule has 112 valence electrons. The first-order chi connectivity index (χ1) is 9.29. The van der Waals surface area contributed by atoms with Gasteiger partial charge in [0.05, 0.1) is 25.0 Å². The normalized spacial score (nSPS) is 12.6. The molecule has 0 aliphatic heterocycles. The fraction of sp³-hybridized carbons (Fsp3) is 0.615. The van der Waals surface area contributed by atoms with Crippen LogP contribution in [-0.4, -0.2) is 28.9 Å². The molecule has 0 radical (unpaired) electrons. The lowest BCUT2D eigenvalue weighted by atomic mass is 10.0. The number of methoxy groups -OCH3 is 1. The number of anilines is 1. The molecule has 0 saturated heterocycles. The van der Waals surface area contributed by atoms with Crippen LogP contribution >= 0.6 is 11.6 Å². The highest BCUT2D eigenvalue weighted by molar-refractivity contribution is 6.33. The number of nitrogens with zero attached hydrogens (tertiary/aromatic N) is 2. The molecule has 0 fully saturated rings. The predicted molar refractivity (Wildman–Crippen MR) is 78.2 cm³/mol. The van der Waals surface area contributed by atoms with E-state index in [1.165, 1.54) is 18.0 Å². The molecule has 0 aromatic carbocycles. The molecular weight excluding hydrogens is 282 g/mol. The second-order valence-electron chi connectivity index (χ2n) is 5.10. The predicted octanol–water partition coefficient (Wildman–Crippen LogP) is 2.09. The minimum atomic E-state index is -0.589. The highest BCUT2D eigenvalue weighted by Gasteiger charge is 2.24. The van der Waals surface area contributed by atoms with Crippen molar-refractivity contribution < 1.29 is 9.53 Å². The number of halogens is 1. The summed E-state index contributed by atoms with van der Waals surface area (Å²) >= 11 is 6.05. The van der Waals surface area contributed by atoms with Crippen LogP contribution < -0.4 is 10.9 Å². The number of ether oxygens (including phenoxy) is 1. The highest BCUT2D eigenvalue weighted by atomic mass is 35.5. The molecule has 0 saturated carbocycles. The summed E-state index contributed by atoms with van der Waals surface area (Å²) < 4.78 is 6.02. The molecule has 1 heterocycles. The van der Waals surface area contributed by atoms with Crippen LogP contribution in [-0.2, 0) is 9.53 Å². The molecule has 0 bridgehead atoms. The molecule has 1 unspecified atom stereocenters. The molecule has 6 nitrogen and oxygen atoms in total. The first-order valence-electron chi connectivity index (χ1n) is 6.41. The van der Waals surface area contributed by atoms with Gasteiger partial charge >= 0.3 is 5.97 Å². The van der Waals surface area contributed by atoms with Gasteiger partial charge in [0.1, 0.15) is 11.1 Å². The summed E-state index contributed by atoms with van der Waals surface area (Å²) in [6, 6.07) is -0.677. The number of carbonyl (C=O) groups is 1. The summed E-state index contributed by atoms with van der Waals surface area (Å²) in [7, 11) is 1.32. The molecule has 7 heteroatoms. The lowest BCUT2D eigenvalue weighted by Gasteiger charge is -2.21. The molecule has 20 heavy (non-hydrogen) atoms. The Morgan fingerprint density at radius 1 is 1.40 bits per heavy atom. The summed E-state index contributed by atoms with van der Waals surface area (Å²) in [6.45, 7) is 7.41. The largest absolute Gasteiger partial charge is 0.467 e. The highest BCUT2D eigenvalue weighted by Crippen LogP contribution is 2.20. The maximum absolute atomic E-state index is 12.0. The van der Waals surface area contributed by atoms with Crippen molar-refractivity contribution in [3.8, 4) is 0 Å². The Morgan fingerprint density at radius 3 is 2.45 bits per heavy atom. The quantitative estimate of drug-likeness (QED) is 0.843. The standard InChI is InChI=1S/C13H20ClN3O3/c1-7(2)11(13(19)20-5)16-9-6-15-17(8(3)4)12(18)10(9)14/h6-8,11,16H,1-5H3. The SMILES string of the molecule is COC(=O)C(Nc1cnn(C(C)C)c(=O)c1Cl)C(C)C. The average molecular weight is 302 g/mol. The summed E-state index contributed by atoms with van der Waals surface area (Å²) in [6.07, 6.45) is 1.45. The third kappa shape index (κ3) is 3.50. The molecule has 1 N–H and O–H groups in total. The van der Waals surface area contributed by atoms with Crippen LogP contribution in [0.15, 0.2) is 11.0 Å². The smallest absolute Gasteiger partial charge is 0.328 e. The van der Waals surface area contributed by atoms with Crippen LogP contribution in [0, 0.1) is 5.92 Å². The molecule has 1 atom stereocenters. The minimum Gasteiger partial charge on any atom is -0.467 e. The number of rotatable bonds is 5. The van der Waals surface area contributed by atoms with Gasteiger partial charge in [-0.05, 0) is 19.8 Å². The number of hydrogen-bond donors (Lipinski definition) is 1. The van der Waals surface area contributed by atoms with Gasteiger partial charge in [-0.1, -0.05) is 25.4 Å². The van der Waals surface area contributed by atoms with Crippen molar-refractivity contribution in [1.82, 2.24) is 9.78 Å². The van der Waals surface area contributed by atoms with Crippen LogP contribution in [0.3, 0.4) is 0 Å². The van der Waals surface area contributed by atoms with Gasteiger partial charge in [-0.2, -0.15) is 5.10 Å². The van der Waals surface area contributed by atoms with E-state index < -0.39 is 12.0 Å².